The highest BCUT2D eigenvalue weighted by molar-refractivity contribution is 6.41. The van der Waals surface area contributed by atoms with Crippen LogP contribution in [0, 0.1) is 0 Å². The first-order valence-electron chi connectivity index (χ1n) is 5.55. The molecule has 1 atom stereocenters. The van der Waals surface area contributed by atoms with Gasteiger partial charge in [-0.05, 0) is 18.6 Å². The zero-order valence-electron chi connectivity index (χ0n) is 9.94. The van der Waals surface area contributed by atoms with Gasteiger partial charge in [0, 0.05) is 0 Å². The minimum atomic E-state index is -0.810. The fourth-order valence-electron chi connectivity index (χ4n) is 1.27. The molecule has 0 aliphatic heterocycles. The fourth-order valence-corrected chi connectivity index (χ4v) is 1.45. The summed E-state index contributed by atoms with van der Waals surface area (Å²) in [5, 5.41) is 14.1. The Morgan fingerprint density at radius 3 is 2.56 bits per heavy atom. The summed E-state index contributed by atoms with van der Waals surface area (Å²) in [5.41, 5.74) is 0.372. The van der Waals surface area contributed by atoms with Crippen molar-refractivity contribution in [2.75, 3.05) is 11.9 Å². The fraction of sp³-hybridized carbons (Fsp3) is 0.333. The van der Waals surface area contributed by atoms with Gasteiger partial charge in [0.25, 0.3) is 0 Å². The van der Waals surface area contributed by atoms with Gasteiger partial charge in [0.1, 0.15) is 0 Å². The van der Waals surface area contributed by atoms with Crippen LogP contribution in [0.3, 0.4) is 0 Å². The van der Waals surface area contributed by atoms with Crippen LogP contribution < -0.4 is 10.6 Å². The molecule has 0 aliphatic carbocycles. The number of para-hydroxylation sites is 1. The Morgan fingerprint density at radius 2 is 2.00 bits per heavy atom. The molecule has 2 amide bonds. The van der Waals surface area contributed by atoms with Gasteiger partial charge in [-0.1, -0.05) is 30.7 Å². The lowest BCUT2D eigenvalue weighted by Crippen LogP contribution is -2.43. The number of hydrogen-bond acceptors (Lipinski definition) is 3. The van der Waals surface area contributed by atoms with Crippen LogP contribution in [-0.2, 0) is 9.59 Å². The van der Waals surface area contributed by atoms with Gasteiger partial charge in [-0.2, -0.15) is 0 Å². The van der Waals surface area contributed by atoms with Crippen LogP contribution in [0.2, 0.25) is 5.02 Å². The monoisotopic (exact) mass is 270 g/mol. The molecule has 0 aliphatic rings. The van der Waals surface area contributed by atoms with Crippen LogP contribution in [-0.4, -0.2) is 29.6 Å². The molecule has 6 heteroatoms. The molecule has 18 heavy (non-hydrogen) atoms. The van der Waals surface area contributed by atoms with E-state index in [1.54, 1.807) is 31.2 Å². The Hall–Kier alpha value is -1.59. The molecule has 3 N–H and O–H groups in total. The molecule has 1 aromatic rings. The van der Waals surface area contributed by atoms with Gasteiger partial charge in [0.05, 0.1) is 23.4 Å². The molecular formula is C12H15ClN2O3. The van der Waals surface area contributed by atoms with Crippen molar-refractivity contribution in [1.82, 2.24) is 5.32 Å². The largest absolute Gasteiger partial charge is 0.394 e. The first-order valence-corrected chi connectivity index (χ1v) is 5.93. The molecule has 0 fully saturated rings. The molecular weight excluding hydrogens is 256 g/mol. The zero-order valence-corrected chi connectivity index (χ0v) is 10.7. The lowest BCUT2D eigenvalue weighted by molar-refractivity contribution is -0.136. The predicted octanol–water partition coefficient (Wildman–Crippen LogP) is 1.17. The molecule has 0 bridgehead atoms. The summed E-state index contributed by atoms with van der Waals surface area (Å²) in [6.07, 6.45) is 0.543. The van der Waals surface area contributed by atoms with Crippen molar-refractivity contribution in [3.05, 3.63) is 29.3 Å². The maximum absolute atomic E-state index is 11.6. The third-order valence-electron chi connectivity index (χ3n) is 2.38. The van der Waals surface area contributed by atoms with Gasteiger partial charge in [0.2, 0.25) is 0 Å². The van der Waals surface area contributed by atoms with Crippen LogP contribution in [0.25, 0.3) is 0 Å². The van der Waals surface area contributed by atoms with E-state index in [9.17, 15) is 9.59 Å². The lowest BCUT2D eigenvalue weighted by Gasteiger charge is -2.13. The molecule has 0 radical (unpaired) electrons. The van der Waals surface area contributed by atoms with Crippen molar-refractivity contribution < 1.29 is 14.7 Å². The molecule has 1 rings (SSSR count). The summed E-state index contributed by atoms with van der Waals surface area (Å²) in [6, 6.07) is 6.20. The summed E-state index contributed by atoms with van der Waals surface area (Å²) < 4.78 is 0. The SMILES string of the molecule is CC[C@H](CO)NC(=O)C(=O)Nc1ccccc1Cl. The average Bonchev–Trinajstić information content (AvgIpc) is 2.38. The van der Waals surface area contributed by atoms with Crippen molar-refractivity contribution in [1.29, 1.82) is 0 Å². The van der Waals surface area contributed by atoms with Crippen LogP contribution in [0.1, 0.15) is 13.3 Å². The summed E-state index contributed by atoms with van der Waals surface area (Å²) in [7, 11) is 0. The second kappa shape index (κ2) is 6.98. The smallest absolute Gasteiger partial charge is 0.313 e. The molecule has 0 saturated heterocycles. The molecule has 0 aromatic heterocycles. The quantitative estimate of drug-likeness (QED) is 0.719. The normalized spacial score (nSPS) is 11.7. The highest BCUT2D eigenvalue weighted by atomic mass is 35.5. The molecule has 98 valence electrons. The van der Waals surface area contributed by atoms with Crippen LogP contribution >= 0.6 is 11.6 Å². The van der Waals surface area contributed by atoms with E-state index in [1.165, 1.54) is 0 Å². The maximum Gasteiger partial charge on any atom is 0.313 e. The number of nitrogens with one attached hydrogen (secondary N) is 2. The number of aliphatic hydroxyl groups is 1. The average molecular weight is 271 g/mol. The summed E-state index contributed by atoms with van der Waals surface area (Å²) >= 11 is 5.85. The number of hydrogen-bond donors (Lipinski definition) is 3. The lowest BCUT2D eigenvalue weighted by atomic mass is 10.2. The molecule has 1 aromatic carbocycles. The number of amides is 2. The van der Waals surface area contributed by atoms with Crippen LogP contribution in [0.4, 0.5) is 5.69 Å². The number of benzene rings is 1. The Balaban J connectivity index is 2.61. The Labute approximate surface area is 110 Å². The Morgan fingerprint density at radius 1 is 1.33 bits per heavy atom. The third kappa shape index (κ3) is 4.01. The number of anilines is 1. The van der Waals surface area contributed by atoms with Gasteiger partial charge in [-0.25, -0.2) is 0 Å². The van der Waals surface area contributed by atoms with Gasteiger partial charge in [-0.15, -0.1) is 0 Å². The van der Waals surface area contributed by atoms with E-state index in [0.29, 0.717) is 17.1 Å². The maximum atomic E-state index is 11.6. The summed E-state index contributed by atoms with van der Waals surface area (Å²) in [5.74, 6) is -1.61. The van der Waals surface area contributed by atoms with Crippen molar-refractivity contribution >= 4 is 29.1 Å². The number of carbonyl (C=O) groups is 2. The van der Waals surface area contributed by atoms with Gasteiger partial charge < -0.3 is 15.7 Å². The van der Waals surface area contributed by atoms with E-state index in [0.717, 1.165) is 0 Å². The summed E-state index contributed by atoms with van der Waals surface area (Å²) in [6.45, 7) is 1.59. The van der Waals surface area contributed by atoms with Crippen molar-refractivity contribution in [2.24, 2.45) is 0 Å². The topological polar surface area (TPSA) is 78.4 Å². The van der Waals surface area contributed by atoms with E-state index in [4.69, 9.17) is 16.7 Å². The van der Waals surface area contributed by atoms with E-state index in [-0.39, 0.29) is 6.61 Å². The van der Waals surface area contributed by atoms with Crippen molar-refractivity contribution in [2.45, 2.75) is 19.4 Å². The molecule has 0 spiro atoms. The second-order valence-electron chi connectivity index (χ2n) is 3.70. The predicted molar refractivity (Wildman–Crippen MR) is 69.4 cm³/mol. The third-order valence-corrected chi connectivity index (χ3v) is 2.71. The highest BCUT2D eigenvalue weighted by Gasteiger charge is 2.17. The number of rotatable bonds is 4. The van der Waals surface area contributed by atoms with Crippen molar-refractivity contribution in [3.63, 3.8) is 0 Å². The minimum Gasteiger partial charge on any atom is -0.394 e. The molecule has 0 saturated carbocycles. The van der Waals surface area contributed by atoms with Crippen LogP contribution in [0.5, 0.6) is 0 Å². The second-order valence-corrected chi connectivity index (χ2v) is 4.10. The van der Waals surface area contributed by atoms with Gasteiger partial charge in [0.15, 0.2) is 0 Å². The van der Waals surface area contributed by atoms with E-state index < -0.39 is 17.9 Å². The number of halogens is 1. The Kier molecular flexibility index (Phi) is 5.61. The Bertz CT molecular complexity index is 433. The van der Waals surface area contributed by atoms with E-state index in [1.807, 2.05) is 0 Å². The molecule has 0 heterocycles. The molecule has 0 unspecified atom stereocenters. The van der Waals surface area contributed by atoms with Gasteiger partial charge in [-0.3, -0.25) is 9.59 Å². The van der Waals surface area contributed by atoms with Crippen molar-refractivity contribution in [3.8, 4) is 0 Å². The summed E-state index contributed by atoms with van der Waals surface area (Å²) in [4.78, 5) is 23.1. The molecule has 5 nitrogen and oxygen atoms in total. The van der Waals surface area contributed by atoms with Gasteiger partial charge >= 0.3 is 11.8 Å². The highest BCUT2D eigenvalue weighted by Crippen LogP contribution is 2.20. The zero-order chi connectivity index (χ0) is 13.5. The van der Waals surface area contributed by atoms with E-state index >= 15 is 0 Å². The number of carbonyl (C=O) groups excluding carboxylic acids is 2. The van der Waals surface area contributed by atoms with E-state index in [2.05, 4.69) is 10.6 Å². The van der Waals surface area contributed by atoms with Crippen LogP contribution in [0.15, 0.2) is 24.3 Å². The first kappa shape index (κ1) is 14.5. The number of aliphatic hydroxyl groups excluding tert-OH is 1. The first-order chi connectivity index (χ1) is 8.58. The standard InChI is InChI=1S/C12H15ClN2O3/c1-2-8(7-16)14-11(17)12(18)15-10-6-4-3-5-9(10)13/h3-6,8,16H,2,7H2,1H3,(H,14,17)(H,15,18)/t8-/m1/s1. The minimum absolute atomic E-state index is 0.207.